The lowest BCUT2D eigenvalue weighted by atomic mass is 9.96. The molecule has 0 unspecified atom stereocenters. The highest BCUT2D eigenvalue weighted by Crippen LogP contribution is 2.38. The van der Waals surface area contributed by atoms with Crippen molar-refractivity contribution in [2.75, 3.05) is 13.2 Å². The lowest BCUT2D eigenvalue weighted by Crippen LogP contribution is -2.44. The number of fused-ring (bicyclic) bond motifs is 1. The van der Waals surface area contributed by atoms with Gasteiger partial charge in [-0.1, -0.05) is 18.0 Å². The molecule has 5 rings (SSSR count). The molecule has 162 valence electrons. The van der Waals surface area contributed by atoms with E-state index >= 15 is 0 Å². The van der Waals surface area contributed by atoms with E-state index < -0.39 is 5.54 Å². The standard InChI is InChI=1S/C23H26N4O4/c1-14-12-18(15(2)27(14)17-6-7-19-20(13-17)30-11-10-29-19)21(28)25-23(8-4-5-9-23)22-24-16(3)31-26-22/h6-7,12-13H,4-5,8-11H2,1-3H3,(H,25,28). The molecule has 1 N–H and O–H groups in total. The van der Waals surface area contributed by atoms with Crippen LogP contribution < -0.4 is 14.8 Å². The summed E-state index contributed by atoms with van der Waals surface area (Å²) in [5, 5.41) is 7.36. The number of hydrogen-bond acceptors (Lipinski definition) is 6. The molecule has 0 bridgehead atoms. The molecule has 0 saturated heterocycles. The summed E-state index contributed by atoms with van der Waals surface area (Å²) in [6, 6.07) is 7.77. The highest BCUT2D eigenvalue weighted by molar-refractivity contribution is 5.96. The first-order valence-electron chi connectivity index (χ1n) is 10.7. The van der Waals surface area contributed by atoms with Gasteiger partial charge in [0.15, 0.2) is 17.3 Å². The fraction of sp³-hybridized carbons (Fsp3) is 0.435. The summed E-state index contributed by atoms with van der Waals surface area (Å²) >= 11 is 0. The molecule has 8 nitrogen and oxygen atoms in total. The SMILES string of the molecule is Cc1nc(C2(NC(=O)c3cc(C)n(-c4ccc5c(c4)OCCO5)c3C)CCCC2)no1. The van der Waals surface area contributed by atoms with Crippen molar-refractivity contribution in [3.63, 3.8) is 0 Å². The number of rotatable bonds is 4. The molecule has 1 aromatic carbocycles. The molecular weight excluding hydrogens is 396 g/mol. The molecular formula is C23H26N4O4. The Labute approximate surface area is 180 Å². The molecule has 1 amide bonds. The van der Waals surface area contributed by atoms with E-state index in [2.05, 4.69) is 20.0 Å². The predicted molar refractivity (Wildman–Crippen MR) is 113 cm³/mol. The minimum Gasteiger partial charge on any atom is -0.486 e. The number of amides is 1. The van der Waals surface area contributed by atoms with E-state index in [9.17, 15) is 4.79 Å². The van der Waals surface area contributed by atoms with E-state index in [0.29, 0.717) is 30.5 Å². The molecule has 1 aliphatic heterocycles. The Kier molecular flexibility index (Phi) is 4.72. The average molecular weight is 422 g/mol. The highest BCUT2D eigenvalue weighted by Gasteiger charge is 2.41. The Balaban J connectivity index is 1.47. The van der Waals surface area contributed by atoms with Crippen molar-refractivity contribution in [2.24, 2.45) is 0 Å². The highest BCUT2D eigenvalue weighted by atomic mass is 16.6. The lowest BCUT2D eigenvalue weighted by Gasteiger charge is -2.26. The average Bonchev–Trinajstić information content (AvgIpc) is 3.48. The van der Waals surface area contributed by atoms with Crippen molar-refractivity contribution in [3.05, 3.63) is 52.9 Å². The van der Waals surface area contributed by atoms with Crippen LogP contribution in [-0.2, 0) is 5.54 Å². The summed E-state index contributed by atoms with van der Waals surface area (Å²) in [7, 11) is 0. The number of benzene rings is 1. The van der Waals surface area contributed by atoms with Gasteiger partial charge in [-0.3, -0.25) is 4.79 Å². The third-order valence-corrected chi connectivity index (χ3v) is 6.23. The van der Waals surface area contributed by atoms with Crippen molar-refractivity contribution < 1.29 is 18.8 Å². The molecule has 0 radical (unpaired) electrons. The first kappa shape index (κ1) is 19.7. The maximum Gasteiger partial charge on any atom is 0.253 e. The van der Waals surface area contributed by atoms with Crippen LogP contribution in [0, 0.1) is 20.8 Å². The van der Waals surface area contributed by atoms with Gasteiger partial charge in [0.1, 0.15) is 18.8 Å². The van der Waals surface area contributed by atoms with Gasteiger partial charge in [0, 0.05) is 30.1 Å². The van der Waals surface area contributed by atoms with Crippen LogP contribution in [0.2, 0.25) is 0 Å². The first-order valence-corrected chi connectivity index (χ1v) is 10.7. The van der Waals surface area contributed by atoms with Gasteiger partial charge in [0.2, 0.25) is 5.89 Å². The van der Waals surface area contributed by atoms with E-state index in [1.165, 1.54) is 0 Å². The monoisotopic (exact) mass is 422 g/mol. The molecule has 1 saturated carbocycles. The van der Waals surface area contributed by atoms with Crippen molar-refractivity contribution in [2.45, 2.75) is 52.0 Å². The second-order valence-corrected chi connectivity index (χ2v) is 8.33. The van der Waals surface area contributed by atoms with E-state index in [1.807, 2.05) is 38.1 Å². The third kappa shape index (κ3) is 3.36. The number of aromatic nitrogens is 3. The zero-order chi connectivity index (χ0) is 21.6. The number of nitrogens with zero attached hydrogens (tertiary/aromatic N) is 3. The van der Waals surface area contributed by atoms with Gasteiger partial charge in [-0.2, -0.15) is 4.98 Å². The van der Waals surface area contributed by atoms with Crippen LogP contribution in [-0.4, -0.2) is 33.8 Å². The summed E-state index contributed by atoms with van der Waals surface area (Å²) in [5.41, 5.74) is 2.83. The summed E-state index contributed by atoms with van der Waals surface area (Å²) < 4.78 is 18.6. The van der Waals surface area contributed by atoms with Gasteiger partial charge >= 0.3 is 0 Å². The van der Waals surface area contributed by atoms with Crippen LogP contribution in [0.25, 0.3) is 5.69 Å². The van der Waals surface area contributed by atoms with Crippen LogP contribution in [0.4, 0.5) is 0 Å². The minimum absolute atomic E-state index is 0.124. The Hall–Kier alpha value is -3.29. The van der Waals surface area contributed by atoms with Crippen molar-refractivity contribution >= 4 is 5.91 Å². The summed E-state index contributed by atoms with van der Waals surface area (Å²) in [5.74, 6) is 2.42. The first-order chi connectivity index (χ1) is 15.0. The lowest BCUT2D eigenvalue weighted by molar-refractivity contribution is 0.0891. The maximum absolute atomic E-state index is 13.4. The van der Waals surface area contributed by atoms with Gasteiger partial charge in [-0.05, 0) is 44.9 Å². The number of carbonyl (C=O) groups is 1. The van der Waals surface area contributed by atoms with Crippen molar-refractivity contribution in [1.82, 2.24) is 20.0 Å². The second-order valence-electron chi connectivity index (χ2n) is 8.33. The van der Waals surface area contributed by atoms with Crippen molar-refractivity contribution in [3.8, 4) is 17.2 Å². The van der Waals surface area contributed by atoms with Gasteiger partial charge in [-0.25, -0.2) is 0 Å². The van der Waals surface area contributed by atoms with E-state index in [1.54, 1.807) is 6.92 Å². The van der Waals surface area contributed by atoms with Crippen LogP contribution >= 0.6 is 0 Å². The molecule has 1 fully saturated rings. The zero-order valence-corrected chi connectivity index (χ0v) is 18.0. The Morgan fingerprint density at radius 2 is 1.81 bits per heavy atom. The Morgan fingerprint density at radius 3 is 2.52 bits per heavy atom. The Bertz CT molecular complexity index is 1140. The summed E-state index contributed by atoms with van der Waals surface area (Å²) in [6.45, 7) is 6.81. The number of aryl methyl sites for hydroxylation is 2. The topological polar surface area (TPSA) is 91.4 Å². The summed E-state index contributed by atoms with van der Waals surface area (Å²) in [6.07, 6.45) is 3.64. The van der Waals surface area contributed by atoms with Gasteiger partial charge in [-0.15, -0.1) is 0 Å². The fourth-order valence-corrected chi connectivity index (χ4v) is 4.72. The molecule has 0 atom stereocenters. The van der Waals surface area contributed by atoms with Crippen molar-refractivity contribution in [1.29, 1.82) is 0 Å². The largest absolute Gasteiger partial charge is 0.486 e. The quantitative estimate of drug-likeness (QED) is 0.688. The third-order valence-electron chi connectivity index (χ3n) is 6.23. The van der Waals surface area contributed by atoms with Crippen LogP contribution in [0.5, 0.6) is 11.5 Å². The van der Waals surface area contributed by atoms with Crippen LogP contribution in [0.3, 0.4) is 0 Å². The molecule has 1 aliphatic carbocycles. The smallest absolute Gasteiger partial charge is 0.253 e. The Morgan fingerprint density at radius 1 is 1.06 bits per heavy atom. The normalized spacial score (nSPS) is 17.0. The van der Waals surface area contributed by atoms with Crippen LogP contribution in [0.1, 0.15) is 59.1 Å². The molecule has 3 heterocycles. The number of ether oxygens (including phenoxy) is 2. The molecule has 2 aromatic heterocycles. The fourth-order valence-electron chi connectivity index (χ4n) is 4.72. The molecule has 31 heavy (non-hydrogen) atoms. The maximum atomic E-state index is 13.4. The minimum atomic E-state index is -0.575. The van der Waals surface area contributed by atoms with E-state index in [4.69, 9.17) is 14.0 Å². The van der Waals surface area contributed by atoms with Gasteiger partial charge < -0.3 is 23.9 Å². The molecule has 0 spiro atoms. The number of hydrogen-bond donors (Lipinski definition) is 1. The van der Waals surface area contributed by atoms with E-state index in [-0.39, 0.29) is 5.91 Å². The molecule has 2 aliphatic rings. The van der Waals surface area contributed by atoms with Gasteiger partial charge in [0.05, 0.1) is 5.56 Å². The second kappa shape index (κ2) is 7.44. The molecule has 3 aromatic rings. The predicted octanol–water partition coefficient (Wildman–Crippen LogP) is 3.76. The van der Waals surface area contributed by atoms with E-state index in [0.717, 1.165) is 54.3 Å². The number of carbonyl (C=O) groups excluding carboxylic acids is 1. The molecule has 8 heteroatoms. The zero-order valence-electron chi connectivity index (χ0n) is 18.0. The van der Waals surface area contributed by atoms with Crippen LogP contribution in [0.15, 0.2) is 28.8 Å². The number of nitrogens with one attached hydrogen (secondary N) is 1. The van der Waals surface area contributed by atoms with Gasteiger partial charge in [0.25, 0.3) is 5.91 Å². The summed E-state index contributed by atoms with van der Waals surface area (Å²) in [4.78, 5) is 17.8.